The molecule has 3 unspecified atom stereocenters. The van der Waals surface area contributed by atoms with Crippen molar-refractivity contribution in [3.05, 3.63) is 0 Å². The van der Waals surface area contributed by atoms with Crippen LogP contribution >= 0.6 is 0 Å². The predicted octanol–water partition coefficient (Wildman–Crippen LogP) is 4.76. The Kier molecular flexibility index (Phi) is 4.75. The van der Waals surface area contributed by atoms with Gasteiger partial charge in [-0.2, -0.15) is 0 Å². The van der Waals surface area contributed by atoms with Gasteiger partial charge < -0.3 is 5.32 Å². The number of hydrogen-bond donors (Lipinski definition) is 1. The molecule has 18 heavy (non-hydrogen) atoms. The quantitative estimate of drug-likeness (QED) is 0.762. The summed E-state index contributed by atoms with van der Waals surface area (Å²) in [5.41, 5.74) is 0.567. The molecule has 2 aliphatic rings. The van der Waals surface area contributed by atoms with Crippen LogP contribution in [0.2, 0.25) is 0 Å². The fraction of sp³-hybridized carbons (Fsp3) is 1.00. The van der Waals surface area contributed by atoms with Gasteiger partial charge in [0.2, 0.25) is 0 Å². The molecule has 0 saturated heterocycles. The molecule has 2 aliphatic carbocycles. The van der Waals surface area contributed by atoms with Crippen LogP contribution in [0.1, 0.15) is 79.1 Å². The molecule has 0 bridgehead atoms. The van der Waals surface area contributed by atoms with Gasteiger partial charge in [-0.3, -0.25) is 0 Å². The second-order valence-corrected chi connectivity index (χ2v) is 7.92. The Balaban J connectivity index is 1.90. The molecule has 0 radical (unpaired) electrons. The van der Waals surface area contributed by atoms with Crippen molar-refractivity contribution < 1.29 is 0 Å². The second-order valence-electron chi connectivity index (χ2n) is 7.92. The van der Waals surface area contributed by atoms with Crippen molar-refractivity contribution in [2.24, 2.45) is 17.3 Å². The third-order valence-electron chi connectivity index (χ3n) is 5.33. The van der Waals surface area contributed by atoms with Crippen molar-refractivity contribution in [1.82, 2.24) is 5.32 Å². The van der Waals surface area contributed by atoms with Gasteiger partial charge in [0.05, 0.1) is 0 Å². The van der Waals surface area contributed by atoms with Crippen LogP contribution in [0.3, 0.4) is 0 Å². The van der Waals surface area contributed by atoms with Crippen LogP contribution in [0.25, 0.3) is 0 Å². The Morgan fingerprint density at radius 3 is 2.39 bits per heavy atom. The molecule has 0 aromatic heterocycles. The van der Waals surface area contributed by atoms with Gasteiger partial charge in [-0.25, -0.2) is 0 Å². The molecule has 0 aromatic rings. The summed E-state index contributed by atoms with van der Waals surface area (Å²) in [6.07, 6.45) is 11.4. The zero-order valence-corrected chi connectivity index (χ0v) is 13.0. The van der Waals surface area contributed by atoms with Crippen LogP contribution in [0.5, 0.6) is 0 Å². The van der Waals surface area contributed by atoms with Crippen molar-refractivity contribution in [1.29, 1.82) is 0 Å². The zero-order valence-electron chi connectivity index (χ0n) is 13.0. The first kappa shape index (κ1) is 14.4. The lowest BCUT2D eigenvalue weighted by Crippen LogP contribution is -2.48. The maximum absolute atomic E-state index is 4.04. The number of rotatable bonds is 3. The van der Waals surface area contributed by atoms with E-state index in [1.54, 1.807) is 0 Å². The first-order valence-electron chi connectivity index (χ1n) is 8.24. The van der Waals surface area contributed by atoms with E-state index in [-0.39, 0.29) is 0 Å². The van der Waals surface area contributed by atoms with Gasteiger partial charge in [0.15, 0.2) is 0 Å². The highest BCUT2D eigenvalue weighted by molar-refractivity contribution is 4.89. The number of hydrogen-bond acceptors (Lipinski definition) is 1. The summed E-state index contributed by atoms with van der Waals surface area (Å²) in [6, 6.07) is 1.59. The van der Waals surface area contributed by atoms with E-state index in [0.29, 0.717) is 5.41 Å². The predicted molar refractivity (Wildman–Crippen MR) is 79.8 cm³/mol. The zero-order chi connectivity index (χ0) is 13.2. The maximum Gasteiger partial charge on any atom is 0.0100 e. The first-order chi connectivity index (χ1) is 8.48. The van der Waals surface area contributed by atoms with Gasteiger partial charge in [0.1, 0.15) is 0 Å². The van der Waals surface area contributed by atoms with Gasteiger partial charge in [-0.15, -0.1) is 0 Å². The molecule has 1 heteroatoms. The molecule has 1 nitrogen and oxygen atoms in total. The van der Waals surface area contributed by atoms with Gasteiger partial charge in [0, 0.05) is 12.1 Å². The summed E-state index contributed by atoms with van der Waals surface area (Å²) in [4.78, 5) is 0. The average molecular weight is 251 g/mol. The summed E-state index contributed by atoms with van der Waals surface area (Å²) in [7, 11) is 0. The molecule has 0 spiro atoms. The van der Waals surface area contributed by atoms with E-state index in [4.69, 9.17) is 0 Å². The van der Waals surface area contributed by atoms with Crippen molar-refractivity contribution >= 4 is 0 Å². The van der Waals surface area contributed by atoms with Crippen molar-refractivity contribution in [2.45, 2.75) is 91.1 Å². The summed E-state index contributed by atoms with van der Waals surface area (Å²) in [5, 5.41) is 4.04. The minimum absolute atomic E-state index is 0.567. The van der Waals surface area contributed by atoms with Crippen molar-refractivity contribution in [3.63, 3.8) is 0 Å². The van der Waals surface area contributed by atoms with E-state index < -0.39 is 0 Å². The number of nitrogens with one attached hydrogen (secondary N) is 1. The SMILES string of the molecule is CC(C)C1CCCCC1NC1CCCC(C)(C)C1. The van der Waals surface area contributed by atoms with Crippen LogP contribution < -0.4 is 5.32 Å². The summed E-state index contributed by atoms with van der Waals surface area (Å²) >= 11 is 0. The summed E-state index contributed by atoms with van der Waals surface area (Å²) in [5.74, 6) is 1.77. The fourth-order valence-corrected chi connectivity index (χ4v) is 4.31. The van der Waals surface area contributed by atoms with E-state index >= 15 is 0 Å². The van der Waals surface area contributed by atoms with Gasteiger partial charge in [-0.1, -0.05) is 47.0 Å². The van der Waals surface area contributed by atoms with E-state index in [2.05, 4.69) is 33.0 Å². The van der Waals surface area contributed by atoms with E-state index in [1.807, 2.05) is 0 Å². The van der Waals surface area contributed by atoms with E-state index in [9.17, 15) is 0 Å². The van der Waals surface area contributed by atoms with Crippen LogP contribution in [-0.2, 0) is 0 Å². The van der Waals surface area contributed by atoms with Gasteiger partial charge in [-0.05, 0) is 49.4 Å². The molecule has 0 amide bonds. The fourth-order valence-electron chi connectivity index (χ4n) is 4.31. The van der Waals surface area contributed by atoms with Crippen molar-refractivity contribution in [3.8, 4) is 0 Å². The first-order valence-corrected chi connectivity index (χ1v) is 8.24. The van der Waals surface area contributed by atoms with Crippen LogP contribution in [0, 0.1) is 17.3 Å². The molecule has 3 atom stereocenters. The Hall–Kier alpha value is -0.0400. The second kappa shape index (κ2) is 5.94. The molecular weight excluding hydrogens is 218 g/mol. The lowest BCUT2D eigenvalue weighted by Gasteiger charge is -2.42. The molecule has 2 saturated carbocycles. The Morgan fingerprint density at radius 2 is 1.72 bits per heavy atom. The lowest BCUT2D eigenvalue weighted by molar-refractivity contribution is 0.143. The van der Waals surface area contributed by atoms with Crippen LogP contribution in [-0.4, -0.2) is 12.1 Å². The third kappa shape index (κ3) is 3.73. The monoisotopic (exact) mass is 251 g/mol. The van der Waals surface area contributed by atoms with Gasteiger partial charge in [0.25, 0.3) is 0 Å². The smallest absolute Gasteiger partial charge is 0.0100 e. The lowest BCUT2D eigenvalue weighted by atomic mass is 9.73. The molecule has 0 aliphatic heterocycles. The summed E-state index contributed by atoms with van der Waals surface area (Å²) < 4.78 is 0. The molecule has 2 rings (SSSR count). The molecule has 1 N–H and O–H groups in total. The average Bonchev–Trinajstić information content (AvgIpc) is 2.28. The minimum atomic E-state index is 0.567. The molecular formula is C17H33N. The highest BCUT2D eigenvalue weighted by Gasteiger charge is 2.33. The van der Waals surface area contributed by atoms with Crippen LogP contribution in [0.4, 0.5) is 0 Å². The highest BCUT2D eigenvalue weighted by atomic mass is 15.0. The third-order valence-corrected chi connectivity index (χ3v) is 5.33. The maximum atomic E-state index is 4.04. The molecule has 2 fully saturated rings. The molecule has 0 heterocycles. The highest BCUT2D eigenvalue weighted by Crippen LogP contribution is 2.37. The largest absolute Gasteiger partial charge is 0.311 e. The van der Waals surface area contributed by atoms with E-state index in [1.165, 1.54) is 51.4 Å². The molecule has 106 valence electrons. The van der Waals surface area contributed by atoms with Crippen molar-refractivity contribution in [2.75, 3.05) is 0 Å². The minimum Gasteiger partial charge on any atom is -0.311 e. The Bertz CT molecular complexity index is 256. The Labute approximate surface area is 114 Å². The van der Waals surface area contributed by atoms with Crippen LogP contribution in [0.15, 0.2) is 0 Å². The molecule has 0 aromatic carbocycles. The standard InChI is InChI=1S/C17H33N/c1-13(2)15-9-5-6-10-16(15)18-14-8-7-11-17(3,4)12-14/h13-16,18H,5-12H2,1-4H3. The summed E-state index contributed by atoms with van der Waals surface area (Å²) in [6.45, 7) is 9.72. The normalized spacial score (nSPS) is 36.8. The van der Waals surface area contributed by atoms with E-state index in [0.717, 1.165) is 23.9 Å². The van der Waals surface area contributed by atoms with Gasteiger partial charge >= 0.3 is 0 Å². The topological polar surface area (TPSA) is 12.0 Å². The Morgan fingerprint density at radius 1 is 1.00 bits per heavy atom.